The molecule has 1 heterocycles. The topological polar surface area (TPSA) is 86.7 Å². The van der Waals surface area contributed by atoms with E-state index in [2.05, 4.69) is 12.2 Å². The average Bonchev–Trinajstić information content (AvgIpc) is 2.85. The van der Waals surface area contributed by atoms with E-state index in [4.69, 9.17) is 0 Å². The highest BCUT2D eigenvalue weighted by molar-refractivity contribution is 5.91. The van der Waals surface area contributed by atoms with Gasteiger partial charge >= 0.3 is 5.97 Å². The van der Waals surface area contributed by atoms with Crippen molar-refractivity contribution in [1.29, 1.82) is 0 Å². The second-order valence-corrected chi connectivity index (χ2v) is 6.29. The molecule has 2 N–H and O–H groups in total. The Labute approximate surface area is 132 Å². The average molecular weight is 312 g/mol. The van der Waals surface area contributed by atoms with E-state index in [0.717, 1.165) is 12.8 Å². The number of likely N-dealkylation sites (tertiary alicyclic amines) is 1. The molecule has 1 rings (SSSR count). The number of hydrogen-bond donors (Lipinski definition) is 2. The molecule has 22 heavy (non-hydrogen) atoms. The van der Waals surface area contributed by atoms with Gasteiger partial charge in [-0.25, -0.2) is 4.79 Å². The molecule has 0 aliphatic carbocycles. The Bertz CT molecular complexity index is 424. The monoisotopic (exact) mass is 312 g/mol. The summed E-state index contributed by atoms with van der Waals surface area (Å²) in [5, 5.41) is 11.8. The maximum Gasteiger partial charge on any atom is 0.326 e. The Kier molecular flexibility index (Phi) is 6.84. The van der Waals surface area contributed by atoms with E-state index in [1.165, 1.54) is 0 Å². The molecule has 4 atom stereocenters. The van der Waals surface area contributed by atoms with Crippen molar-refractivity contribution >= 4 is 17.8 Å². The summed E-state index contributed by atoms with van der Waals surface area (Å²) in [6, 6.07) is -0.769. The highest BCUT2D eigenvalue weighted by atomic mass is 16.4. The van der Waals surface area contributed by atoms with Crippen molar-refractivity contribution < 1.29 is 19.5 Å². The van der Waals surface area contributed by atoms with Crippen LogP contribution in [-0.4, -0.2) is 46.4 Å². The van der Waals surface area contributed by atoms with E-state index < -0.39 is 17.9 Å². The number of nitrogens with zero attached hydrogens (tertiary/aromatic N) is 1. The third kappa shape index (κ3) is 4.45. The molecule has 0 saturated carbocycles. The van der Waals surface area contributed by atoms with Crippen LogP contribution in [0.1, 0.15) is 53.4 Å². The van der Waals surface area contributed by atoms with Crippen molar-refractivity contribution in [3.8, 4) is 0 Å². The fourth-order valence-corrected chi connectivity index (χ4v) is 2.86. The molecule has 126 valence electrons. The molecule has 0 bridgehead atoms. The summed E-state index contributed by atoms with van der Waals surface area (Å²) in [5.41, 5.74) is 0. The first kappa shape index (κ1) is 18.5. The van der Waals surface area contributed by atoms with Gasteiger partial charge in [0.2, 0.25) is 11.8 Å². The van der Waals surface area contributed by atoms with Gasteiger partial charge in [0.1, 0.15) is 6.04 Å². The first-order valence-electron chi connectivity index (χ1n) is 8.14. The predicted molar refractivity (Wildman–Crippen MR) is 83.2 cm³/mol. The maximum absolute atomic E-state index is 12.3. The van der Waals surface area contributed by atoms with E-state index in [1.54, 1.807) is 11.8 Å². The maximum atomic E-state index is 12.3. The highest BCUT2D eigenvalue weighted by Crippen LogP contribution is 2.22. The van der Waals surface area contributed by atoms with E-state index in [9.17, 15) is 19.5 Å². The van der Waals surface area contributed by atoms with Crippen LogP contribution < -0.4 is 5.32 Å². The molecule has 0 aromatic rings. The molecule has 1 aliphatic heterocycles. The van der Waals surface area contributed by atoms with E-state index in [-0.39, 0.29) is 30.2 Å². The highest BCUT2D eigenvalue weighted by Gasteiger charge is 2.38. The Balaban J connectivity index is 2.67. The Morgan fingerprint density at radius 2 is 2.00 bits per heavy atom. The van der Waals surface area contributed by atoms with Gasteiger partial charge in [-0.1, -0.05) is 33.6 Å². The summed E-state index contributed by atoms with van der Waals surface area (Å²) in [5.74, 6) is -1.96. The summed E-state index contributed by atoms with van der Waals surface area (Å²) in [4.78, 5) is 37.4. The third-order valence-electron chi connectivity index (χ3n) is 4.54. The molecule has 6 heteroatoms. The van der Waals surface area contributed by atoms with Gasteiger partial charge in [0.05, 0.1) is 5.92 Å². The van der Waals surface area contributed by atoms with Gasteiger partial charge in [-0.05, 0) is 19.3 Å². The molecular weight excluding hydrogens is 284 g/mol. The lowest BCUT2D eigenvalue weighted by Gasteiger charge is -2.25. The first-order valence-corrected chi connectivity index (χ1v) is 8.14. The van der Waals surface area contributed by atoms with Crippen LogP contribution in [-0.2, 0) is 14.4 Å². The van der Waals surface area contributed by atoms with Crippen LogP contribution in [0.3, 0.4) is 0 Å². The SMILES string of the molecule is CCCC(C)N1CC(C(=O)N[C@H](C(=O)O)[C@@H](C)CC)CC1=O. The minimum atomic E-state index is -1.02. The zero-order chi connectivity index (χ0) is 16.9. The van der Waals surface area contributed by atoms with Crippen molar-refractivity contribution in [3.63, 3.8) is 0 Å². The van der Waals surface area contributed by atoms with Gasteiger partial charge in [-0.15, -0.1) is 0 Å². The molecule has 0 aromatic carbocycles. The summed E-state index contributed by atoms with van der Waals surface area (Å²) >= 11 is 0. The fourth-order valence-electron chi connectivity index (χ4n) is 2.86. The van der Waals surface area contributed by atoms with Crippen LogP contribution in [0.5, 0.6) is 0 Å². The van der Waals surface area contributed by atoms with Gasteiger partial charge in [0.15, 0.2) is 0 Å². The molecule has 2 unspecified atom stereocenters. The lowest BCUT2D eigenvalue weighted by molar-refractivity contribution is -0.144. The molecule has 1 fully saturated rings. The number of nitrogens with one attached hydrogen (secondary N) is 1. The number of carboxylic acids is 1. The molecular formula is C16H28N2O4. The van der Waals surface area contributed by atoms with E-state index >= 15 is 0 Å². The molecule has 0 aromatic heterocycles. The zero-order valence-electron chi connectivity index (χ0n) is 14.0. The second-order valence-electron chi connectivity index (χ2n) is 6.29. The minimum absolute atomic E-state index is 0.0171. The fraction of sp³-hybridized carbons (Fsp3) is 0.812. The molecule has 1 aliphatic rings. The summed E-state index contributed by atoms with van der Waals surface area (Å²) in [6.45, 7) is 8.12. The predicted octanol–water partition coefficient (Wildman–Crippen LogP) is 1.64. The normalized spacial score (nSPS) is 22.3. The van der Waals surface area contributed by atoms with Crippen molar-refractivity contribution in [2.24, 2.45) is 11.8 Å². The quantitative estimate of drug-likeness (QED) is 0.713. The number of hydrogen-bond acceptors (Lipinski definition) is 3. The molecule has 0 radical (unpaired) electrons. The standard InChI is InChI=1S/C16H28N2O4/c1-5-7-11(4)18-9-12(8-13(18)19)15(20)17-14(16(21)22)10(3)6-2/h10-12,14H,5-9H2,1-4H3,(H,17,20)(H,21,22)/t10-,11?,12?,14-/m0/s1. The minimum Gasteiger partial charge on any atom is -0.480 e. The summed E-state index contributed by atoms with van der Waals surface area (Å²) in [7, 11) is 0. The lowest BCUT2D eigenvalue weighted by Crippen LogP contribution is -2.47. The van der Waals surface area contributed by atoms with E-state index in [1.807, 2.05) is 13.8 Å². The van der Waals surface area contributed by atoms with Crippen molar-refractivity contribution in [3.05, 3.63) is 0 Å². The zero-order valence-corrected chi connectivity index (χ0v) is 14.0. The number of carboxylic acid groups (broad SMARTS) is 1. The number of amides is 2. The second kappa shape index (κ2) is 8.15. The van der Waals surface area contributed by atoms with Crippen LogP contribution in [0.25, 0.3) is 0 Å². The van der Waals surface area contributed by atoms with Crippen LogP contribution in [0, 0.1) is 11.8 Å². The van der Waals surface area contributed by atoms with Gasteiger partial charge in [0, 0.05) is 19.0 Å². The Hall–Kier alpha value is -1.59. The third-order valence-corrected chi connectivity index (χ3v) is 4.54. The lowest BCUT2D eigenvalue weighted by atomic mass is 9.98. The van der Waals surface area contributed by atoms with Gasteiger partial charge < -0.3 is 15.3 Å². The molecule has 2 amide bonds. The molecule has 6 nitrogen and oxygen atoms in total. The number of carbonyl (C=O) groups excluding carboxylic acids is 2. The number of aliphatic carboxylic acids is 1. The van der Waals surface area contributed by atoms with Crippen LogP contribution in [0.2, 0.25) is 0 Å². The van der Waals surface area contributed by atoms with Crippen molar-refractivity contribution in [2.45, 2.75) is 65.5 Å². The Morgan fingerprint density at radius 3 is 2.50 bits per heavy atom. The van der Waals surface area contributed by atoms with Crippen LogP contribution in [0.15, 0.2) is 0 Å². The van der Waals surface area contributed by atoms with Crippen molar-refractivity contribution in [1.82, 2.24) is 10.2 Å². The van der Waals surface area contributed by atoms with Crippen LogP contribution >= 0.6 is 0 Å². The first-order chi connectivity index (χ1) is 10.3. The molecule has 0 spiro atoms. The van der Waals surface area contributed by atoms with E-state index in [0.29, 0.717) is 13.0 Å². The molecule has 1 saturated heterocycles. The van der Waals surface area contributed by atoms with Gasteiger partial charge in [-0.3, -0.25) is 9.59 Å². The smallest absolute Gasteiger partial charge is 0.326 e. The summed E-state index contributed by atoms with van der Waals surface area (Å²) < 4.78 is 0. The number of rotatable bonds is 8. The Morgan fingerprint density at radius 1 is 1.36 bits per heavy atom. The largest absolute Gasteiger partial charge is 0.480 e. The van der Waals surface area contributed by atoms with Gasteiger partial charge in [-0.2, -0.15) is 0 Å². The van der Waals surface area contributed by atoms with Crippen molar-refractivity contribution in [2.75, 3.05) is 6.54 Å². The number of carbonyl (C=O) groups is 3. The summed E-state index contributed by atoms with van der Waals surface area (Å²) in [6.07, 6.45) is 2.73. The van der Waals surface area contributed by atoms with Crippen LogP contribution in [0.4, 0.5) is 0 Å². The van der Waals surface area contributed by atoms with Gasteiger partial charge in [0.25, 0.3) is 0 Å².